The first-order valence-electron chi connectivity index (χ1n) is 3.76. The fraction of sp³-hybridized carbons (Fsp3) is 0.500. The van der Waals surface area contributed by atoms with Gasteiger partial charge in [-0.05, 0) is 6.54 Å². The summed E-state index contributed by atoms with van der Waals surface area (Å²) in [6.45, 7) is 3.84. The average Bonchev–Trinajstić information content (AvgIpc) is 2.58. The van der Waals surface area contributed by atoms with Gasteiger partial charge in [0, 0.05) is 6.54 Å². The van der Waals surface area contributed by atoms with E-state index in [1.807, 2.05) is 0 Å². The molecule has 0 atom stereocenters. The molecule has 0 saturated heterocycles. The van der Waals surface area contributed by atoms with Gasteiger partial charge in [-0.15, -0.1) is 10.2 Å². The van der Waals surface area contributed by atoms with Crippen LogP contribution in [0.4, 0.5) is 0 Å². The number of aromatic nitrogens is 4. The van der Waals surface area contributed by atoms with Crippen molar-refractivity contribution in [2.24, 2.45) is 0 Å². The Hall–Kier alpha value is -1.01. The van der Waals surface area contributed by atoms with E-state index in [0.29, 0.717) is 0 Å². The van der Waals surface area contributed by atoms with Crippen LogP contribution in [0.5, 0.6) is 0 Å². The van der Waals surface area contributed by atoms with E-state index >= 15 is 0 Å². The maximum absolute atomic E-state index is 4.26. The van der Waals surface area contributed by atoms with E-state index in [2.05, 4.69) is 27.5 Å². The van der Waals surface area contributed by atoms with Crippen LogP contribution in [0.3, 0.4) is 0 Å². The highest BCUT2D eigenvalue weighted by atomic mass is 32.1. The molecule has 0 amide bonds. The summed E-state index contributed by atoms with van der Waals surface area (Å²) < 4.78 is 1.69. The van der Waals surface area contributed by atoms with E-state index in [0.717, 1.165) is 23.1 Å². The molecule has 2 aromatic heterocycles. The minimum absolute atomic E-state index is 0.810. The largest absolute Gasteiger partial charge is 0.311 e. The summed E-state index contributed by atoms with van der Waals surface area (Å²) in [6, 6.07) is 0. The molecule has 0 unspecified atom stereocenters. The van der Waals surface area contributed by atoms with E-state index in [9.17, 15) is 0 Å². The summed E-state index contributed by atoms with van der Waals surface area (Å²) in [5.74, 6) is 0. The van der Waals surface area contributed by atoms with Crippen LogP contribution in [0.1, 0.15) is 11.9 Å². The summed E-state index contributed by atoms with van der Waals surface area (Å²) in [5.41, 5.74) is 0. The van der Waals surface area contributed by atoms with Crippen molar-refractivity contribution in [2.45, 2.75) is 13.5 Å². The van der Waals surface area contributed by atoms with Crippen molar-refractivity contribution in [3.63, 3.8) is 0 Å². The Morgan fingerprint density at radius 2 is 2.58 bits per heavy atom. The van der Waals surface area contributed by atoms with Gasteiger partial charge in [-0.3, -0.25) is 0 Å². The number of nitrogens with zero attached hydrogens (tertiary/aromatic N) is 4. The minimum atomic E-state index is 0.810. The first-order chi connectivity index (χ1) is 5.90. The third-order valence-electron chi connectivity index (χ3n) is 1.45. The van der Waals surface area contributed by atoms with Crippen LogP contribution >= 0.6 is 11.3 Å². The summed E-state index contributed by atoms with van der Waals surface area (Å²) in [7, 11) is 0. The van der Waals surface area contributed by atoms with Crippen LogP contribution in [0.25, 0.3) is 4.96 Å². The summed E-state index contributed by atoms with van der Waals surface area (Å²) in [4.78, 5) is 0.850. The van der Waals surface area contributed by atoms with Gasteiger partial charge in [0.2, 0.25) is 4.96 Å². The normalized spacial score (nSPS) is 11.1. The lowest BCUT2D eigenvalue weighted by Crippen LogP contribution is -2.11. The molecule has 0 aliphatic rings. The van der Waals surface area contributed by atoms with Crippen molar-refractivity contribution in [3.05, 3.63) is 11.3 Å². The minimum Gasteiger partial charge on any atom is -0.311 e. The number of hydrogen-bond acceptors (Lipinski definition) is 5. The summed E-state index contributed by atoms with van der Waals surface area (Å²) >= 11 is 1.56. The van der Waals surface area contributed by atoms with Gasteiger partial charge in [0.1, 0.15) is 11.3 Å². The molecule has 0 fully saturated rings. The quantitative estimate of drug-likeness (QED) is 0.743. The summed E-state index contributed by atoms with van der Waals surface area (Å²) in [6.07, 6.45) is 1.61. The Labute approximate surface area is 73.4 Å². The van der Waals surface area contributed by atoms with Crippen molar-refractivity contribution in [3.8, 4) is 0 Å². The molecule has 0 spiro atoms. The van der Waals surface area contributed by atoms with Gasteiger partial charge in [-0.2, -0.15) is 9.61 Å². The SMILES string of the molecule is CCNCc1nn2cnnc2s1. The van der Waals surface area contributed by atoms with Crippen LogP contribution in [0, 0.1) is 0 Å². The molecule has 6 heteroatoms. The Morgan fingerprint density at radius 3 is 3.33 bits per heavy atom. The molecule has 12 heavy (non-hydrogen) atoms. The van der Waals surface area contributed by atoms with Crippen LogP contribution in [-0.2, 0) is 6.54 Å². The van der Waals surface area contributed by atoms with E-state index in [-0.39, 0.29) is 0 Å². The van der Waals surface area contributed by atoms with E-state index < -0.39 is 0 Å². The molecule has 0 bridgehead atoms. The molecule has 0 saturated carbocycles. The fourth-order valence-corrected chi connectivity index (χ4v) is 1.69. The highest BCUT2D eigenvalue weighted by molar-refractivity contribution is 7.16. The Kier molecular flexibility index (Phi) is 2.01. The van der Waals surface area contributed by atoms with Gasteiger partial charge in [0.05, 0.1) is 0 Å². The second-order valence-corrected chi connectivity index (χ2v) is 3.37. The predicted molar refractivity (Wildman–Crippen MR) is 46.0 cm³/mol. The molecule has 2 aromatic rings. The lowest BCUT2D eigenvalue weighted by atomic mass is 10.6. The first kappa shape index (κ1) is 7.63. The Morgan fingerprint density at radius 1 is 1.67 bits per heavy atom. The monoisotopic (exact) mass is 183 g/mol. The molecule has 5 nitrogen and oxygen atoms in total. The summed E-state index contributed by atoms with van der Waals surface area (Å²) in [5, 5.41) is 16.1. The molecular weight excluding hydrogens is 174 g/mol. The molecular formula is C6H9N5S. The van der Waals surface area contributed by atoms with Crippen LogP contribution in [-0.4, -0.2) is 26.4 Å². The molecule has 0 aromatic carbocycles. The van der Waals surface area contributed by atoms with E-state index in [1.165, 1.54) is 0 Å². The van der Waals surface area contributed by atoms with Crippen LogP contribution in [0.2, 0.25) is 0 Å². The molecule has 2 rings (SSSR count). The average molecular weight is 183 g/mol. The zero-order chi connectivity index (χ0) is 8.39. The second-order valence-electron chi connectivity index (χ2n) is 2.33. The number of nitrogens with one attached hydrogen (secondary N) is 1. The lowest BCUT2D eigenvalue weighted by molar-refractivity contribution is 0.708. The van der Waals surface area contributed by atoms with Crippen LogP contribution in [0.15, 0.2) is 6.33 Å². The number of fused-ring (bicyclic) bond motifs is 1. The van der Waals surface area contributed by atoms with Crippen molar-refractivity contribution >= 4 is 16.3 Å². The Bertz CT molecular complexity index is 336. The topological polar surface area (TPSA) is 55.1 Å². The second kappa shape index (κ2) is 3.16. The van der Waals surface area contributed by atoms with Gasteiger partial charge < -0.3 is 5.32 Å². The highest BCUT2D eigenvalue weighted by Gasteiger charge is 2.02. The third-order valence-corrected chi connectivity index (χ3v) is 2.37. The maximum Gasteiger partial charge on any atom is 0.234 e. The molecule has 1 N–H and O–H groups in total. The lowest BCUT2D eigenvalue weighted by Gasteiger charge is -1.93. The fourth-order valence-electron chi connectivity index (χ4n) is 0.904. The standard InChI is InChI=1S/C6H9N5S/c1-2-7-3-5-10-11-4-8-9-6(11)12-5/h4,7H,2-3H2,1H3. The van der Waals surface area contributed by atoms with Crippen molar-refractivity contribution < 1.29 is 0 Å². The molecule has 64 valence electrons. The van der Waals surface area contributed by atoms with Gasteiger partial charge >= 0.3 is 0 Å². The zero-order valence-corrected chi connectivity index (χ0v) is 7.51. The Balaban J connectivity index is 2.21. The van der Waals surface area contributed by atoms with Gasteiger partial charge in [-0.25, -0.2) is 0 Å². The van der Waals surface area contributed by atoms with Gasteiger partial charge in [0.15, 0.2) is 0 Å². The maximum atomic E-state index is 4.26. The zero-order valence-electron chi connectivity index (χ0n) is 6.69. The first-order valence-corrected chi connectivity index (χ1v) is 4.58. The smallest absolute Gasteiger partial charge is 0.234 e. The van der Waals surface area contributed by atoms with Gasteiger partial charge in [0.25, 0.3) is 0 Å². The molecule has 0 radical (unpaired) electrons. The molecule has 0 aliphatic heterocycles. The number of rotatable bonds is 3. The highest BCUT2D eigenvalue weighted by Crippen LogP contribution is 2.10. The predicted octanol–water partition coefficient (Wildman–Crippen LogP) is 0.295. The van der Waals surface area contributed by atoms with Gasteiger partial charge in [-0.1, -0.05) is 18.3 Å². The van der Waals surface area contributed by atoms with Crippen molar-refractivity contribution in [1.82, 2.24) is 25.1 Å². The molecule has 2 heterocycles. The third kappa shape index (κ3) is 1.30. The van der Waals surface area contributed by atoms with E-state index in [1.54, 1.807) is 22.2 Å². The van der Waals surface area contributed by atoms with Crippen molar-refractivity contribution in [1.29, 1.82) is 0 Å². The molecule has 0 aliphatic carbocycles. The number of hydrogen-bond donors (Lipinski definition) is 1. The van der Waals surface area contributed by atoms with Crippen LogP contribution < -0.4 is 5.32 Å². The van der Waals surface area contributed by atoms with Crippen molar-refractivity contribution in [2.75, 3.05) is 6.54 Å². The van der Waals surface area contributed by atoms with E-state index in [4.69, 9.17) is 0 Å².